The highest BCUT2D eigenvalue weighted by Crippen LogP contribution is 2.28. The van der Waals surface area contributed by atoms with Crippen LogP contribution in [0.1, 0.15) is 63.4 Å². The van der Waals surface area contributed by atoms with Crippen LogP contribution >= 0.6 is 0 Å². The standard InChI is InChI=1S/C24H32N4O3S/c1-24(2,3)23-25-15-20(16-26-23)27-22(29)18-10-12-28(13-11-18)32(30,31)21-9-8-17-6-4-5-7-19(17)14-21/h8-9,14-16,18H,4-7,10-13H2,1-3H3,(H,27,29). The zero-order valence-electron chi connectivity index (χ0n) is 19.1. The zero-order valence-corrected chi connectivity index (χ0v) is 19.9. The molecule has 8 heteroatoms. The molecule has 1 N–H and O–H groups in total. The highest BCUT2D eigenvalue weighted by Gasteiger charge is 2.32. The Morgan fingerprint density at radius 3 is 2.28 bits per heavy atom. The van der Waals surface area contributed by atoms with Crippen molar-refractivity contribution in [1.82, 2.24) is 14.3 Å². The van der Waals surface area contributed by atoms with Gasteiger partial charge in [0.1, 0.15) is 5.82 Å². The maximum atomic E-state index is 13.2. The van der Waals surface area contributed by atoms with Gasteiger partial charge in [0.25, 0.3) is 0 Å². The summed E-state index contributed by atoms with van der Waals surface area (Å²) < 4.78 is 27.8. The van der Waals surface area contributed by atoms with Crippen molar-refractivity contribution in [3.05, 3.63) is 47.5 Å². The van der Waals surface area contributed by atoms with Crippen LogP contribution < -0.4 is 5.32 Å². The number of hydrogen-bond acceptors (Lipinski definition) is 5. The number of nitrogens with one attached hydrogen (secondary N) is 1. The van der Waals surface area contributed by atoms with Crippen LogP contribution in [0.3, 0.4) is 0 Å². The molecule has 1 amide bonds. The van der Waals surface area contributed by atoms with Gasteiger partial charge in [0.15, 0.2) is 0 Å². The van der Waals surface area contributed by atoms with Crippen molar-refractivity contribution in [1.29, 1.82) is 0 Å². The minimum Gasteiger partial charge on any atom is -0.323 e. The summed E-state index contributed by atoms with van der Waals surface area (Å²) in [6.07, 6.45) is 8.50. The smallest absolute Gasteiger partial charge is 0.243 e. The van der Waals surface area contributed by atoms with Gasteiger partial charge in [-0.3, -0.25) is 4.79 Å². The van der Waals surface area contributed by atoms with E-state index in [1.54, 1.807) is 18.5 Å². The van der Waals surface area contributed by atoms with E-state index in [-0.39, 0.29) is 17.2 Å². The Hall–Kier alpha value is -2.32. The predicted molar refractivity (Wildman–Crippen MR) is 124 cm³/mol. The molecule has 2 heterocycles. The van der Waals surface area contributed by atoms with E-state index in [1.807, 2.05) is 32.9 Å². The summed E-state index contributed by atoms with van der Waals surface area (Å²) in [5.41, 5.74) is 2.84. The van der Waals surface area contributed by atoms with E-state index in [1.165, 1.54) is 16.3 Å². The molecule has 1 fully saturated rings. The Labute approximate surface area is 190 Å². The lowest BCUT2D eigenvalue weighted by Crippen LogP contribution is -2.41. The molecule has 1 aliphatic carbocycles. The van der Waals surface area contributed by atoms with E-state index in [2.05, 4.69) is 15.3 Å². The third-order valence-electron chi connectivity index (χ3n) is 6.37. The summed E-state index contributed by atoms with van der Waals surface area (Å²) in [7, 11) is -3.54. The van der Waals surface area contributed by atoms with Crippen molar-refractivity contribution in [3.63, 3.8) is 0 Å². The molecular formula is C24H32N4O3S. The van der Waals surface area contributed by atoms with Gasteiger partial charge < -0.3 is 5.32 Å². The third kappa shape index (κ3) is 4.86. The first kappa shape index (κ1) is 22.9. The quantitative estimate of drug-likeness (QED) is 0.757. The van der Waals surface area contributed by atoms with Crippen molar-refractivity contribution >= 4 is 21.6 Å². The summed E-state index contributed by atoms with van der Waals surface area (Å²) in [5, 5.41) is 2.88. The van der Waals surface area contributed by atoms with E-state index >= 15 is 0 Å². The average molecular weight is 457 g/mol. The molecular weight excluding hydrogens is 424 g/mol. The molecule has 32 heavy (non-hydrogen) atoms. The molecule has 1 aromatic carbocycles. The second kappa shape index (κ2) is 8.90. The van der Waals surface area contributed by atoms with Gasteiger partial charge in [-0.2, -0.15) is 4.31 Å². The van der Waals surface area contributed by atoms with Gasteiger partial charge >= 0.3 is 0 Å². The van der Waals surface area contributed by atoms with E-state index in [4.69, 9.17) is 0 Å². The Morgan fingerprint density at radius 2 is 1.66 bits per heavy atom. The number of carbonyl (C=O) groups is 1. The first-order chi connectivity index (χ1) is 15.1. The fourth-order valence-corrected chi connectivity index (χ4v) is 5.92. The van der Waals surface area contributed by atoms with Gasteiger partial charge in [-0.15, -0.1) is 0 Å². The normalized spacial score (nSPS) is 18.2. The molecule has 1 saturated heterocycles. The maximum absolute atomic E-state index is 13.2. The molecule has 2 aromatic rings. The lowest BCUT2D eigenvalue weighted by molar-refractivity contribution is -0.120. The van der Waals surface area contributed by atoms with Crippen LogP contribution in [-0.2, 0) is 33.1 Å². The summed E-state index contributed by atoms with van der Waals surface area (Å²) in [6, 6.07) is 5.55. The molecule has 0 spiro atoms. The monoisotopic (exact) mass is 456 g/mol. The lowest BCUT2D eigenvalue weighted by Gasteiger charge is -2.31. The van der Waals surface area contributed by atoms with E-state index in [0.29, 0.717) is 36.5 Å². The summed E-state index contributed by atoms with van der Waals surface area (Å²) in [5.74, 6) is 0.381. The number of carbonyl (C=O) groups excluding carboxylic acids is 1. The van der Waals surface area contributed by atoms with Crippen LogP contribution in [0.5, 0.6) is 0 Å². The van der Waals surface area contributed by atoms with Crippen LogP contribution in [0.25, 0.3) is 0 Å². The lowest BCUT2D eigenvalue weighted by atomic mass is 9.92. The van der Waals surface area contributed by atoms with Crippen LogP contribution in [0.15, 0.2) is 35.5 Å². The first-order valence-electron chi connectivity index (χ1n) is 11.4. The topological polar surface area (TPSA) is 92.3 Å². The van der Waals surface area contributed by atoms with Crippen LogP contribution in [-0.4, -0.2) is 41.7 Å². The fraction of sp³-hybridized carbons (Fsp3) is 0.542. The Balaban J connectivity index is 1.36. The number of piperidine rings is 1. The number of fused-ring (bicyclic) bond motifs is 1. The molecule has 0 radical (unpaired) electrons. The molecule has 7 nitrogen and oxygen atoms in total. The Morgan fingerprint density at radius 1 is 1.03 bits per heavy atom. The van der Waals surface area contributed by atoms with E-state index < -0.39 is 10.0 Å². The highest BCUT2D eigenvalue weighted by molar-refractivity contribution is 7.89. The number of nitrogens with zero attached hydrogens (tertiary/aromatic N) is 3. The number of amides is 1. The first-order valence-corrected chi connectivity index (χ1v) is 12.8. The van der Waals surface area contributed by atoms with Gasteiger partial charge in [-0.1, -0.05) is 26.8 Å². The second-order valence-electron chi connectivity index (χ2n) is 9.85. The number of benzene rings is 1. The van der Waals surface area contributed by atoms with E-state index in [0.717, 1.165) is 30.7 Å². The number of anilines is 1. The van der Waals surface area contributed by atoms with Crippen molar-refractivity contribution in [2.24, 2.45) is 5.92 Å². The summed E-state index contributed by atoms with van der Waals surface area (Å²) in [6.45, 7) is 6.79. The van der Waals surface area contributed by atoms with Gasteiger partial charge in [0.2, 0.25) is 15.9 Å². The van der Waals surface area contributed by atoms with Gasteiger partial charge in [-0.25, -0.2) is 18.4 Å². The van der Waals surface area contributed by atoms with Crippen molar-refractivity contribution in [2.45, 2.75) is 69.6 Å². The van der Waals surface area contributed by atoms with Gasteiger partial charge in [0.05, 0.1) is 23.0 Å². The summed E-state index contributed by atoms with van der Waals surface area (Å²) in [4.78, 5) is 21.8. The van der Waals surface area contributed by atoms with Gasteiger partial charge in [-0.05, 0) is 61.8 Å². The maximum Gasteiger partial charge on any atom is 0.243 e. The Bertz CT molecular complexity index is 1080. The minimum absolute atomic E-state index is 0.108. The van der Waals surface area contributed by atoms with Crippen LogP contribution in [0.4, 0.5) is 5.69 Å². The number of aryl methyl sites for hydroxylation is 2. The number of sulfonamides is 1. The molecule has 0 bridgehead atoms. The second-order valence-corrected chi connectivity index (χ2v) is 11.8. The van der Waals surface area contributed by atoms with Gasteiger partial charge in [0, 0.05) is 24.4 Å². The minimum atomic E-state index is -3.54. The van der Waals surface area contributed by atoms with Crippen molar-refractivity contribution < 1.29 is 13.2 Å². The number of hydrogen-bond donors (Lipinski definition) is 1. The molecule has 0 unspecified atom stereocenters. The molecule has 172 valence electrons. The molecule has 0 saturated carbocycles. The van der Waals surface area contributed by atoms with E-state index in [9.17, 15) is 13.2 Å². The molecule has 4 rings (SSSR count). The number of rotatable bonds is 4. The third-order valence-corrected chi connectivity index (χ3v) is 8.27. The average Bonchev–Trinajstić information content (AvgIpc) is 2.78. The molecule has 2 aliphatic rings. The van der Waals surface area contributed by atoms with Crippen LogP contribution in [0.2, 0.25) is 0 Å². The van der Waals surface area contributed by atoms with Crippen LogP contribution in [0, 0.1) is 5.92 Å². The summed E-state index contributed by atoms with van der Waals surface area (Å²) >= 11 is 0. The molecule has 1 aliphatic heterocycles. The molecule has 0 atom stereocenters. The van der Waals surface area contributed by atoms with Crippen molar-refractivity contribution in [3.8, 4) is 0 Å². The fourth-order valence-electron chi connectivity index (χ4n) is 4.40. The SMILES string of the molecule is CC(C)(C)c1ncc(NC(=O)C2CCN(S(=O)(=O)c3ccc4c(c3)CCCC4)CC2)cn1. The predicted octanol–water partition coefficient (Wildman–Crippen LogP) is 3.69. The Kier molecular flexibility index (Phi) is 6.36. The molecule has 1 aromatic heterocycles. The largest absolute Gasteiger partial charge is 0.323 e. The highest BCUT2D eigenvalue weighted by atomic mass is 32.2. The van der Waals surface area contributed by atoms with Crippen molar-refractivity contribution in [2.75, 3.05) is 18.4 Å². The zero-order chi connectivity index (χ0) is 22.9. The number of aromatic nitrogens is 2.